The van der Waals surface area contributed by atoms with Gasteiger partial charge in [0.1, 0.15) is 5.78 Å². The Hall–Kier alpha value is -0.630. The SMILES string of the molecule is CC(=O)C1CCC(C)C2CC=C3CC(O)CC[C@]3(C)C2CCC1C. The van der Waals surface area contributed by atoms with Gasteiger partial charge in [-0.15, -0.1) is 0 Å². The van der Waals surface area contributed by atoms with Crippen LogP contribution in [0.15, 0.2) is 11.6 Å². The van der Waals surface area contributed by atoms with E-state index >= 15 is 0 Å². The third-order valence-electron chi connectivity index (χ3n) is 7.96. The zero-order valence-electron chi connectivity index (χ0n) is 16.1. The third-order valence-corrected chi connectivity index (χ3v) is 7.96. The number of carbonyl (C=O) groups is 1. The fraction of sp³-hybridized carbons (Fsp3) is 0.864. The first kappa shape index (κ1) is 18.2. The maximum absolute atomic E-state index is 12.1. The van der Waals surface area contributed by atoms with Crippen LogP contribution in [0.1, 0.15) is 79.1 Å². The molecule has 7 atom stereocenters. The van der Waals surface area contributed by atoms with Crippen molar-refractivity contribution in [1.82, 2.24) is 0 Å². The molecule has 0 bridgehead atoms. The van der Waals surface area contributed by atoms with E-state index in [2.05, 4.69) is 26.8 Å². The Morgan fingerprint density at radius 3 is 2.54 bits per heavy atom. The molecule has 0 spiro atoms. The molecule has 2 fully saturated rings. The molecule has 0 aliphatic heterocycles. The lowest BCUT2D eigenvalue weighted by Crippen LogP contribution is -2.43. The molecule has 0 amide bonds. The molecule has 24 heavy (non-hydrogen) atoms. The Morgan fingerprint density at radius 1 is 1.12 bits per heavy atom. The molecule has 0 aromatic rings. The van der Waals surface area contributed by atoms with E-state index in [1.165, 1.54) is 31.3 Å². The standard InChI is InChI=1S/C22H36O2/c1-14-6-10-21-20(15(2)5-8-19(14)16(3)23)9-7-17-13-18(24)11-12-22(17,21)4/h7,14-15,18-21,24H,5-6,8-13H2,1-4H3/t14?,15?,18?,19?,20?,21?,22-/m0/s1. The third kappa shape index (κ3) is 3.23. The van der Waals surface area contributed by atoms with E-state index in [1.807, 2.05) is 0 Å². The van der Waals surface area contributed by atoms with Gasteiger partial charge in [-0.3, -0.25) is 4.79 Å². The number of hydrogen-bond donors (Lipinski definition) is 1. The summed E-state index contributed by atoms with van der Waals surface area (Å²) >= 11 is 0. The molecular formula is C22H36O2. The molecule has 2 heteroatoms. The Kier molecular flexibility index (Phi) is 5.25. The zero-order chi connectivity index (χ0) is 17.5. The van der Waals surface area contributed by atoms with Crippen LogP contribution in [-0.4, -0.2) is 17.0 Å². The zero-order valence-corrected chi connectivity index (χ0v) is 16.1. The lowest BCUT2D eigenvalue weighted by Gasteiger charge is -2.52. The van der Waals surface area contributed by atoms with E-state index in [0.717, 1.165) is 37.5 Å². The number of hydrogen-bond acceptors (Lipinski definition) is 2. The van der Waals surface area contributed by atoms with Crippen molar-refractivity contribution in [2.75, 3.05) is 0 Å². The van der Waals surface area contributed by atoms with Crippen LogP contribution in [0.3, 0.4) is 0 Å². The number of carbonyl (C=O) groups excluding carboxylic acids is 1. The molecule has 0 aromatic carbocycles. The molecule has 0 radical (unpaired) electrons. The van der Waals surface area contributed by atoms with E-state index in [4.69, 9.17) is 0 Å². The van der Waals surface area contributed by atoms with E-state index in [1.54, 1.807) is 6.92 Å². The Labute approximate surface area is 148 Å². The average molecular weight is 333 g/mol. The lowest BCUT2D eigenvalue weighted by atomic mass is 9.53. The number of aliphatic hydroxyl groups is 1. The normalized spacial score (nSPS) is 46.6. The summed E-state index contributed by atoms with van der Waals surface area (Å²) in [5, 5.41) is 10.1. The van der Waals surface area contributed by atoms with Crippen LogP contribution in [0, 0.1) is 35.0 Å². The molecule has 3 rings (SSSR count). The van der Waals surface area contributed by atoms with Gasteiger partial charge in [-0.05, 0) is 87.4 Å². The second-order valence-corrected chi connectivity index (χ2v) is 9.38. The van der Waals surface area contributed by atoms with Crippen molar-refractivity contribution < 1.29 is 9.90 Å². The van der Waals surface area contributed by atoms with Gasteiger partial charge in [0, 0.05) is 5.92 Å². The van der Waals surface area contributed by atoms with Crippen LogP contribution in [0.5, 0.6) is 0 Å². The van der Waals surface area contributed by atoms with E-state index < -0.39 is 0 Å². The smallest absolute Gasteiger partial charge is 0.133 e. The molecule has 2 saturated carbocycles. The summed E-state index contributed by atoms with van der Waals surface area (Å²) in [4.78, 5) is 12.1. The van der Waals surface area contributed by atoms with Crippen LogP contribution in [0.25, 0.3) is 0 Å². The molecule has 0 saturated heterocycles. The average Bonchev–Trinajstić information content (AvgIpc) is 2.58. The van der Waals surface area contributed by atoms with Crippen LogP contribution < -0.4 is 0 Å². The molecule has 6 unspecified atom stereocenters. The van der Waals surface area contributed by atoms with Crippen molar-refractivity contribution >= 4 is 5.78 Å². The predicted octanol–water partition coefficient (Wildman–Crippen LogP) is 5.15. The van der Waals surface area contributed by atoms with Crippen molar-refractivity contribution in [2.45, 2.75) is 85.2 Å². The largest absolute Gasteiger partial charge is 0.393 e. The summed E-state index contributed by atoms with van der Waals surface area (Å²) in [5.74, 6) is 3.36. The minimum Gasteiger partial charge on any atom is -0.393 e. The summed E-state index contributed by atoms with van der Waals surface area (Å²) in [6.45, 7) is 8.98. The number of fused-ring (bicyclic) bond motifs is 3. The Morgan fingerprint density at radius 2 is 1.83 bits per heavy atom. The summed E-state index contributed by atoms with van der Waals surface area (Å²) in [6.07, 6.45) is 11.2. The second kappa shape index (κ2) is 6.94. The van der Waals surface area contributed by atoms with Crippen molar-refractivity contribution in [2.24, 2.45) is 35.0 Å². The Bertz CT molecular complexity index is 508. The van der Waals surface area contributed by atoms with Crippen molar-refractivity contribution in [1.29, 1.82) is 0 Å². The minimum atomic E-state index is -0.129. The summed E-state index contributed by atoms with van der Waals surface area (Å²) < 4.78 is 0. The van der Waals surface area contributed by atoms with Gasteiger partial charge in [-0.2, -0.15) is 0 Å². The molecule has 3 aliphatic rings. The highest BCUT2D eigenvalue weighted by atomic mass is 16.3. The van der Waals surface area contributed by atoms with Crippen molar-refractivity contribution in [3.63, 3.8) is 0 Å². The first-order valence-electron chi connectivity index (χ1n) is 10.2. The number of ketones is 1. The van der Waals surface area contributed by atoms with Gasteiger partial charge in [-0.1, -0.05) is 32.4 Å². The lowest BCUT2D eigenvalue weighted by molar-refractivity contribution is -0.122. The van der Waals surface area contributed by atoms with Crippen molar-refractivity contribution in [3.8, 4) is 0 Å². The topological polar surface area (TPSA) is 37.3 Å². The predicted molar refractivity (Wildman–Crippen MR) is 98.6 cm³/mol. The van der Waals surface area contributed by atoms with Crippen LogP contribution >= 0.6 is 0 Å². The number of Topliss-reactive ketones (excluding diaryl/α,β-unsaturated/α-hetero) is 1. The molecule has 2 nitrogen and oxygen atoms in total. The van der Waals surface area contributed by atoms with Gasteiger partial charge in [0.05, 0.1) is 6.10 Å². The van der Waals surface area contributed by atoms with Gasteiger partial charge in [0.25, 0.3) is 0 Å². The number of rotatable bonds is 1. The number of allylic oxidation sites excluding steroid dienone is 1. The summed E-state index contributed by atoms with van der Waals surface area (Å²) in [6, 6.07) is 0. The molecule has 0 aromatic heterocycles. The van der Waals surface area contributed by atoms with E-state index in [-0.39, 0.29) is 17.4 Å². The van der Waals surface area contributed by atoms with E-state index in [0.29, 0.717) is 17.6 Å². The first-order chi connectivity index (χ1) is 11.3. The highest BCUT2D eigenvalue weighted by molar-refractivity contribution is 5.78. The Balaban J connectivity index is 1.87. The molecule has 136 valence electrons. The quantitative estimate of drug-likeness (QED) is 0.674. The molecule has 1 N–H and O–H groups in total. The van der Waals surface area contributed by atoms with Crippen LogP contribution in [0.4, 0.5) is 0 Å². The minimum absolute atomic E-state index is 0.129. The van der Waals surface area contributed by atoms with Gasteiger partial charge >= 0.3 is 0 Å². The van der Waals surface area contributed by atoms with Crippen LogP contribution in [0.2, 0.25) is 0 Å². The van der Waals surface area contributed by atoms with Gasteiger partial charge < -0.3 is 5.11 Å². The van der Waals surface area contributed by atoms with E-state index in [9.17, 15) is 9.90 Å². The molecular weight excluding hydrogens is 296 g/mol. The second-order valence-electron chi connectivity index (χ2n) is 9.38. The maximum Gasteiger partial charge on any atom is 0.133 e. The van der Waals surface area contributed by atoms with Crippen LogP contribution in [-0.2, 0) is 4.79 Å². The van der Waals surface area contributed by atoms with Gasteiger partial charge in [0.15, 0.2) is 0 Å². The molecule has 3 aliphatic carbocycles. The highest BCUT2D eigenvalue weighted by Crippen LogP contribution is 2.56. The van der Waals surface area contributed by atoms with Gasteiger partial charge in [-0.25, -0.2) is 0 Å². The molecule has 0 heterocycles. The monoisotopic (exact) mass is 332 g/mol. The number of aliphatic hydroxyl groups excluding tert-OH is 1. The summed E-state index contributed by atoms with van der Waals surface area (Å²) in [5.41, 5.74) is 1.82. The first-order valence-corrected chi connectivity index (χ1v) is 10.2. The fourth-order valence-electron chi connectivity index (χ4n) is 6.22. The fourth-order valence-corrected chi connectivity index (χ4v) is 6.22. The summed E-state index contributed by atoms with van der Waals surface area (Å²) in [7, 11) is 0. The van der Waals surface area contributed by atoms with Crippen molar-refractivity contribution in [3.05, 3.63) is 11.6 Å². The maximum atomic E-state index is 12.1. The highest BCUT2D eigenvalue weighted by Gasteiger charge is 2.48. The van der Waals surface area contributed by atoms with Gasteiger partial charge in [0.2, 0.25) is 0 Å².